The van der Waals surface area contributed by atoms with Crippen LogP contribution in [0.3, 0.4) is 0 Å². The van der Waals surface area contributed by atoms with Crippen molar-refractivity contribution in [2.75, 3.05) is 5.32 Å². The van der Waals surface area contributed by atoms with Crippen molar-refractivity contribution >= 4 is 11.5 Å². The van der Waals surface area contributed by atoms with E-state index in [-0.39, 0.29) is 5.78 Å². The number of hydrogen-bond acceptors (Lipinski definition) is 2. The fourth-order valence-corrected chi connectivity index (χ4v) is 2.75. The largest absolute Gasteiger partial charge is 0.382 e. The monoisotopic (exact) mass is 245 g/mol. The number of carbonyl (C=O) groups is 1. The molecule has 2 rings (SSSR count). The number of benzene rings is 1. The molecule has 1 aliphatic carbocycles. The van der Waals surface area contributed by atoms with E-state index in [4.69, 9.17) is 0 Å². The van der Waals surface area contributed by atoms with Gasteiger partial charge in [-0.05, 0) is 42.5 Å². The van der Waals surface area contributed by atoms with Gasteiger partial charge in [-0.25, -0.2) is 0 Å². The third kappa shape index (κ3) is 2.74. The van der Waals surface area contributed by atoms with Gasteiger partial charge < -0.3 is 5.32 Å². The van der Waals surface area contributed by atoms with E-state index in [0.717, 1.165) is 11.3 Å². The fourth-order valence-electron chi connectivity index (χ4n) is 2.75. The Bertz CT molecular complexity index is 419. The first-order valence-electron chi connectivity index (χ1n) is 6.93. The van der Waals surface area contributed by atoms with Gasteiger partial charge in [0.15, 0.2) is 5.78 Å². The SMILES string of the molecule is CCC(=O)c1ccc(NC2CCCC2(C)C)cc1. The molecule has 1 unspecified atom stereocenters. The van der Waals surface area contributed by atoms with Gasteiger partial charge in [-0.3, -0.25) is 4.79 Å². The Hall–Kier alpha value is -1.31. The Balaban J connectivity index is 2.04. The van der Waals surface area contributed by atoms with Crippen LogP contribution in [-0.2, 0) is 0 Å². The summed E-state index contributed by atoms with van der Waals surface area (Å²) >= 11 is 0. The average molecular weight is 245 g/mol. The Morgan fingerprint density at radius 3 is 2.50 bits per heavy atom. The highest BCUT2D eigenvalue weighted by molar-refractivity contribution is 5.96. The molecule has 0 radical (unpaired) electrons. The molecule has 2 nitrogen and oxygen atoms in total. The molecule has 0 saturated heterocycles. The highest BCUT2D eigenvalue weighted by Gasteiger charge is 2.34. The fraction of sp³-hybridized carbons (Fsp3) is 0.562. The Labute approximate surface area is 110 Å². The molecule has 0 bridgehead atoms. The molecule has 1 aromatic rings. The van der Waals surface area contributed by atoms with Crippen LogP contribution in [0.15, 0.2) is 24.3 Å². The van der Waals surface area contributed by atoms with Crippen molar-refractivity contribution in [2.45, 2.75) is 52.5 Å². The van der Waals surface area contributed by atoms with E-state index in [1.54, 1.807) is 0 Å². The number of anilines is 1. The molecule has 18 heavy (non-hydrogen) atoms. The van der Waals surface area contributed by atoms with Crippen LogP contribution in [0.2, 0.25) is 0 Å². The molecule has 1 N–H and O–H groups in total. The maximum absolute atomic E-state index is 11.6. The number of hydrogen-bond donors (Lipinski definition) is 1. The van der Waals surface area contributed by atoms with Gasteiger partial charge in [0, 0.05) is 23.7 Å². The van der Waals surface area contributed by atoms with Gasteiger partial charge in [0.05, 0.1) is 0 Å². The van der Waals surface area contributed by atoms with Crippen LogP contribution in [0.5, 0.6) is 0 Å². The van der Waals surface area contributed by atoms with E-state index in [0.29, 0.717) is 17.9 Å². The lowest BCUT2D eigenvalue weighted by molar-refractivity contribution is 0.0988. The van der Waals surface area contributed by atoms with E-state index in [1.807, 2.05) is 31.2 Å². The van der Waals surface area contributed by atoms with E-state index in [9.17, 15) is 4.79 Å². The zero-order valence-electron chi connectivity index (χ0n) is 11.6. The van der Waals surface area contributed by atoms with E-state index >= 15 is 0 Å². The van der Waals surface area contributed by atoms with Gasteiger partial charge in [-0.2, -0.15) is 0 Å². The zero-order chi connectivity index (χ0) is 13.2. The first-order chi connectivity index (χ1) is 8.53. The minimum Gasteiger partial charge on any atom is -0.382 e. The lowest BCUT2D eigenvalue weighted by Gasteiger charge is -2.28. The van der Waals surface area contributed by atoms with Crippen molar-refractivity contribution in [1.29, 1.82) is 0 Å². The highest BCUT2D eigenvalue weighted by Crippen LogP contribution is 2.38. The summed E-state index contributed by atoms with van der Waals surface area (Å²) in [5, 5.41) is 3.60. The normalized spacial score (nSPS) is 21.8. The summed E-state index contributed by atoms with van der Waals surface area (Å²) in [7, 11) is 0. The summed E-state index contributed by atoms with van der Waals surface area (Å²) in [6, 6.07) is 8.45. The van der Waals surface area contributed by atoms with Gasteiger partial charge in [0.2, 0.25) is 0 Å². The summed E-state index contributed by atoms with van der Waals surface area (Å²) < 4.78 is 0. The summed E-state index contributed by atoms with van der Waals surface area (Å²) in [6.07, 6.45) is 4.40. The van der Waals surface area contributed by atoms with Crippen molar-refractivity contribution in [3.05, 3.63) is 29.8 Å². The van der Waals surface area contributed by atoms with Crippen LogP contribution >= 0.6 is 0 Å². The van der Waals surface area contributed by atoms with Gasteiger partial charge >= 0.3 is 0 Å². The first-order valence-corrected chi connectivity index (χ1v) is 6.93. The molecule has 1 fully saturated rings. The molecule has 0 spiro atoms. The molecule has 0 aromatic heterocycles. The molecular weight excluding hydrogens is 222 g/mol. The van der Waals surface area contributed by atoms with Crippen molar-refractivity contribution in [3.8, 4) is 0 Å². The molecule has 0 amide bonds. The molecule has 0 aliphatic heterocycles. The molecule has 1 atom stereocenters. The second kappa shape index (κ2) is 5.13. The number of nitrogens with one attached hydrogen (secondary N) is 1. The second-order valence-electron chi connectivity index (χ2n) is 5.93. The number of rotatable bonds is 4. The number of Topliss-reactive ketones (excluding diaryl/α,β-unsaturated/α-hetero) is 1. The molecule has 0 heterocycles. The quantitative estimate of drug-likeness (QED) is 0.803. The number of carbonyl (C=O) groups excluding carboxylic acids is 1. The zero-order valence-corrected chi connectivity index (χ0v) is 11.6. The molecule has 1 aromatic carbocycles. The van der Waals surface area contributed by atoms with Crippen LogP contribution < -0.4 is 5.32 Å². The lowest BCUT2D eigenvalue weighted by Crippen LogP contribution is -2.30. The second-order valence-corrected chi connectivity index (χ2v) is 5.93. The molecule has 98 valence electrons. The van der Waals surface area contributed by atoms with Gasteiger partial charge in [0.1, 0.15) is 0 Å². The standard InChI is InChI=1S/C16H23NO/c1-4-14(18)12-7-9-13(10-8-12)17-15-6-5-11-16(15,2)3/h7-10,15,17H,4-6,11H2,1-3H3. The van der Waals surface area contributed by atoms with Crippen molar-refractivity contribution in [1.82, 2.24) is 0 Å². The van der Waals surface area contributed by atoms with Crippen molar-refractivity contribution < 1.29 is 4.79 Å². The van der Waals surface area contributed by atoms with Crippen LogP contribution in [0.4, 0.5) is 5.69 Å². The summed E-state index contributed by atoms with van der Waals surface area (Å²) in [5.41, 5.74) is 2.31. The van der Waals surface area contributed by atoms with Crippen molar-refractivity contribution in [3.63, 3.8) is 0 Å². The predicted octanol–water partition coefficient (Wildman–Crippen LogP) is 4.27. The van der Waals surface area contributed by atoms with E-state index in [2.05, 4.69) is 19.2 Å². The van der Waals surface area contributed by atoms with Crippen LogP contribution in [0, 0.1) is 5.41 Å². The smallest absolute Gasteiger partial charge is 0.162 e. The maximum atomic E-state index is 11.6. The predicted molar refractivity (Wildman–Crippen MR) is 76.1 cm³/mol. The topological polar surface area (TPSA) is 29.1 Å². The van der Waals surface area contributed by atoms with Crippen LogP contribution in [0.1, 0.15) is 56.8 Å². The molecule has 1 aliphatic rings. The van der Waals surface area contributed by atoms with Gasteiger partial charge in [0.25, 0.3) is 0 Å². The summed E-state index contributed by atoms with van der Waals surface area (Å²) in [5.74, 6) is 0.211. The molecular formula is C16H23NO. The van der Waals surface area contributed by atoms with E-state index in [1.165, 1.54) is 19.3 Å². The minimum atomic E-state index is 0.211. The third-order valence-corrected chi connectivity index (χ3v) is 4.13. The van der Waals surface area contributed by atoms with Crippen LogP contribution in [-0.4, -0.2) is 11.8 Å². The Morgan fingerprint density at radius 1 is 1.33 bits per heavy atom. The Morgan fingerprint density at radius 2 is 2.00 bits per heavy atom. The van der Waals surface area contributed by atoms with Gasteiger partial charge in [-0.1, -0.05) is 27.2 Å². The summed E-state index contributed by atoms with van der Waals surface area (Å²) in [4.78, 5) is 11.6. The third-order valence-electron chi connectivity index (χ3n) is 4.13. The summed E-state index contributed by atoms with van der Waals surface area (Å²) in [6.45, 7) is 6.55. The minimum absolute atomic E-state index is 0.211. The van der Waals surface area contributed by atoms with Crippen molar-refractivity contribution in [2.24, 2.45) is 5.41 Å². The highest BCUT2D eigenvalue weighted by atomic mass is 16.1. The van der Waals surface area contributed by atoms with Crippen LogP contribution in [0.25, 0.3) is 0 Å². The van der Waals surface area contributed by atoms with E-state index < -0.39 is 0 Å². The number of ketones is 1. The first kappa shape index (κ1) is 13.1. The Kier molecular flexibility index (Phi) is 3.74. The van der Waals surface area contributed by atoms with Gasteiger partial charge in [-0.15, -0.1) is 0 Å². The lowest BCUT2D eigenvalue weighted by atomic mass is 9.87. The molecule has 1 saturated carbocycles. The maximum Gasteiger partial charge on any atom is 0.162 e. The average Bonchev–Trinajstić information content (AvgIpc) is 2.69. The molecule has 2 heteroatoms.